The number of nitrogen functional groups attached to an aromatic ring is 1. The summed E-state index contributed by atoms with van der Waals surface area (Å²) >= 11 is 0. The van der Waals surface area contributed by atoms with Crippen molar-refractivity contribution in [3.05, 3.63) is 29.3 Å². The van der Waals surface area contributed by atoms with Crippen LogP contribution in [0.4, 0.5) is 5.69 Å². The van der Waals surface area contributed by atoms with E-state index in [-0.39, 0.29) is 6.04 Å². The Hall–Kier alpha value is -1.58. The van der Waals surface area contributed by atoms with Crippen molar-refractivity contribution in [3.8, 4) is 6.07 Å². The van der Waals surface area contributed by atoms with Crippen molar-refractivity contribution in [1.29, 1.82) is 5.26 Å². The number of nitriles is 1. The molecule has 1 aromatic carbocycles. The van der Waals surface area contributed by atoms with Crippen LogP contribution in [-0.2, 0) is 16.4 Å². The van der Waals surface area contributed by atoms with Crippen molar-refractivity contribution in [1.82, 2.24) is 4.72 Å². The molecule has 0 radical (unpaired) electrons. The first-order valence-corrected chi connectivity index (χ1v) is 7.27. The van der Waals surface area contributed by atoms with E-state index in [1.54, 1.807) is 12.1 Å². The van der Waals surface area contributed by atoms with Gasteiger partial charge < -0.3 is 5.73 Å². The molecule has 2 rings (SSSR count). The molecule has 0 aliphatic heterocycles. The average Bonchev–Trinajstić information content (AvgIpc) is 2.69. The maximum absolute atomic E-state index is 11.8. The highest BCUT2D eigenvalue weighted by molar-refractivity contribution is 7.90. The molecule has 0 spiro atoms. The number of nitrogens with two attached hydrogens (primary N) is 1. The van der Waals surface area contributed by atoms with E-state index in [2.05, 4.69) is 4.72 Å². The second-order valence-corrected chi connectivity index (χ2v) is 6.52. The van der Waals surface area contributed by atoms with Crippen molar-refractivity contribution in [3.63, 3.8) is 0 Å². The molecule has 0 amide bonds. The van der Waals surface area contributed by atoms with Gasteiger partial charge in [0.1, 0.15) is 0 Å². The summed E-state index contributed by atoms with van der Waals surface area (Å²) in [6.45, 7) is 1.38. The van der Waals surface area contributed by atoms with E-state index in [0.717, 1.165) is 17.5 Å². The number of hydrogen-bond acceptors (Lipinski definition) is 4. The number of fused-ring (bicyclic) bond motifs is 1. The van der Waals surface area contributed by atoms with Gasteiger partial charge in [0, 0.05) is 11.7 Å². The minimum Gasteiger partial charge on any atom is -0.399 e. The fraction of sp³-hybridized carbons (Fsp3) is 0.417. The third-order valence-electron chi connectivity index (χ3n) is 3.20. The van der Waals surface area contributed by atoms with Crippen molar-refractivity contribution >= 4 is 15.7 Å². The van der Waals surface area contributed by atoms with E-state index in [4.69, 9.17) is 11.0 Å². The zero-order valence-corrected chi connectivity index (χ0v) is 10.9. The van der Waals surface area contributed by atoms with E-state index >= 15 is 0 Å². The first kappa shape index (κ1) is 12.9. The molecule has 0 bridgehead atoms. The third kappa shape index (κ3) is 2.33. The molecule has 1 aliphatic carbocycles. The van der Waals surface area contributed by atoms with Crippen LogP contribution in [0.15, 0.2) is 18.2 Å². The first-order chi connectivity index (χ1) is 8.44. The van der Waals surface area contributed by atoms with Crippen LogP contribution in [0, 0.1) is 11.3 Å². The highest BCUT2D eigenvalue weighted by atomic mass is 32.2. The van der Waals surface area contributed by atoms with Crippen LogP contribution >= 0.6 is 0 Å². The Morgan fingerprint density at radius 3 is 2.94 bits per heavy atom. The number of hydrogen-bond donors (Lipinski definition) is 2. The topological polar surface area (TPSA) is 96.0 Å². The van der Waals surface area contributed by atoms with Gasteiger partial charge in [-0.2, -0.15) is 5.26 Å². The summed E-state index contributed by atoms with van der Waals surface area (Å²) in [5, 5.41) is 7.64. The van der Waals surface area contributed by atoms with Gasteiger partial charge in [-0.1, -0.05) is 6.07 Å². The smallest absolute Gasteiger partial charge is 0.228 e. The minimum absolute atomic E-state index is 0.249. The molecule has 3 N–H and O–H groups in total. The molecule has 0 saturated carbocycles. The lowest BCUT2D eigenvalue weighted by Gasteiger charge is -2.15. The van der Waals surface area contributed by atoms with Gasteiger partial charge in [-0.05, 0) is 43.0 Å². The molecule has 0 aromatic heterocycles. The molecule has 0 fully saturated rings. The van der Waals surface area contributed by atoms with E-state index < -0.39 is 15.3 Å². The molecule has 6 heteroatoms. The van der Waals surface area contributed by atoms with Crippen LogP contribution in [-0.4, -0.2) is 13.7 Å². The molecular formula is C12H15N3O2S. The minimum atomic E-state index is -3.59. The standard InChI is InChI=1S/C12H15N3O2S/c1-8(7-13)18(16,17)15-12-5-2-9-6-10(14)3-4-11(9)12/h3-4,6,8,12,15H,2,5,14H2,1H3. The van der Waals surface area contributed by atoms with Gasteiger partial charge in [-0.25, -0.2) is 13.1 Å². The van der Waals surface area contributed by atoms with E-state index in [1.165, 1.54) is 6.92 Å². The van der Waals surface area contributed by atoms with Crippen molar-refractivity contribution < 1.29 is 8.42 Å². The molecule has 18 heavy (non-hydrogen) atoms. The summed E-state index contributed by atoms with van der Waals surface area (Å²) in [4.78, 5) is 0. The highest BCUT2D eigenvalue weighted by Gasteiger charge is 2.29. The average molecular weight is 265 g/mol. The van der Waals surface area contributed by atoms with Gasteiger partial charge in [-0.15, -0.1) is 0 Å². The summed E-state index contributed by atoms with van der Waals surface area (Å²) in [5.41, 5.74) is 8.41. The predicted octanol–water partition coefficient (Wildman–Crippen LogP) is 1.09. The normalized spacial score (nSPS) is 20.1. The number of nitrogens with zero attached hydrogens (tertiary/aromatic N) is 1. The van der Waals surface area contributed by atoms with Gasteiger partial charge in [0.05, 0.1) is 6.07 Å². The molecule has 5 nitrogen and oxygen atoms in total. The second kappa shape index (κ2) is 4.59. The fourth-order valence-electron chi connectivity index (χ4n) is 2.13. The number of anilines is 1. The fourth-order valence-corrected chi connectivity index (χ4v) is 3.11. The largest absolute Gasteiger partial charge is 0.399 e. The Labute approximate surface area is 107 Å². The number of nitrogens with one attached hydrogen (secondary N) is 1. The maximum atomic E-state index is 11.8. The van der Waals surface area contributed by atoms with Gasteiger partial charge in [0.15, 0.2) is 5.25 Å². The van der Waals surface area contributed by atoms with Crippen LogP contribution in [0.1, 0.15) is 30.5 Å². The maximum Gasteiger partial charge on any atom is 0.228 e. The van der Waals surface area contributed by atoms with Crippen LogP contribution in [0.5, 0.6) is 0 Å². The molecule has 1 aromatic rings. The van der Waals surface area contributed by atoms with Crippen molar-refractivity contribution in [2.45, 2.75) is 31.1 Å². The van der Waals surface area contributed by atoms with Gasteiger partial charge in [0.25, 0.3) is 0 Å². The Kier molecular flexibility index (Phi) is 3.28. The summed E-state index contributed by atoms with van der Waals surface area (Å²) in [6, 6.07) is 6.98. The van der Waals surface area contributed by atoms with Crippen molar-refractivity contribution in [2.75, 3.05) is 5.73 Å². The van der Waals surface area contributed by atoms with Crippen molar-refractivity contribution in [2.24, 2.45) is 0 Å². The van der Waals surface area contributed by atoms with E-state index in [9.17, 15) is 8.42 Å². The number of aryl methyl sites for hydroxylation is 1. The summed E-state index contributed by atoms with van der Waals surface area (Å²) in [6.07, 6.45) is 1.50. The lowest BCUT2D eigenvalue weighted by molar-refractivity contribution is 0.550. The number of rotatable bonds is 3. The molecule has 1 aliphatic rings. The van der Waals surface area contributed by atoms with Crippen LogP contribution in [0.3, 0.4) is 0 Å². The zero-order chi connectivity index (χ0) is 13.3. The zero-order valence-electron chi connectivity index (χ0n) is 10.1. The van der Waals surface area contributed by atoms with Crippen LogP contribution in [0.2, 0.25) is 0 Å². The first-order valence-electron chi connectivity index (χ1n) is 5.73. The monoisotopic (exact) mass is 265 g/mol. The Balaban J connectivity index is 2.23. The molecule has 2 unspecified atom stereocenters. The molecule has 2 atom stereocenters. The molecule has 96 valence electrons. The molecule has 0 heterocycles. The second-order valence-electron chi connectivity index (χ2n) is 4.48. The lowest BCUT2D eigenvalue weighted by atomic mass is 10.1. The Morgan fingerprint density at radius 1 is 1.56 bits per heavy atom. The van der Waals surface area contributed by atoms with Crippen LogP contribution in [0.25, 0.3) is 0 Å². The molecule has 0 saturated heterocycles. The number of sulfonamides is 1. The van der Waals surface area contributed by atoms with Gasteiger partial charge in [-0.3, -0.25) is 0 Å². The van der Waals surface area contributed by atoms with Gasteiger partial charge in [0.2, 0.25) is 10.0 Å². The quantitative estimate of drug-likeness (QED) is 0.799. The summed E-state index contributed by atoms with van der Waals surface area (Å²) in [7, 11) is -3.59. The highest BCUT2D eigenvalue weighted by Crippen LogP contribution is 2.33. The summed E-state index contributed by atoms with van der Waals surface area (Å²) in [5.74, 6) is 0. The van der Waals surface area contributed by atoms with Crippen LogP contribution < -0.4 is 10.5 Å². The van der Waals surface area contributed by atoms with Gasteiger partial charge >= 0.3 is 0 Å². The lowest BCUT2D eigenvalue weighted by Crippen LogP contribution is -2.34. The Bertz CT molecular complexity index is 604. The van der Waals surface area contributed by atoms with E-state index in [1.807, 2.05) is 12.1 Å². The third-order valence-corrected chi connectivity index (χ3v) is 4.85. The number of benzene rings is 1. The SMILES string of the molecule is CC(C#N)S(=O)(=O)NC1CCc2cc(N)ccc21. The Morgan fingerprint density at radius 2 is 2.28 bits per heavy atom. The predicted molar refractivity (Wildman–Crippen MR) is 69.0 cm³/mol. The molecular weight excluding hydrogens is 250 g/mol. The van der Waals surface area contributed by atoms with E-state index in [0.29, 0.717) is 12.1 Å². The summed E-state index contributed by atoms with van der Waals surface area (Å²) < 4.78 is 26.3.